The summed E-state index contributed by atoms with van der Waals surface area (Å²) in [7, 11) is 8.97. The first-order chi connectivity index (χ1) is 16.6. The standard InChI is InChI=1S/C30H30B2N2/c1-33(2)31(29-25-17-9-5-13-21(25)22-14-6-10-18-26(22)29)32(34(3)4)30-27-19-11-7-15-23(27)24-16-8-12-20-28(24)30/h5-21,23H,1-4H3. The Morgan fingerprint density at radius 3 is 1.38 bits per heavy atom. The Morgan fingerprint density at radius 2 is 0.971 bits per heavy atom. The molecule has 2 nitrogen and oxygen atoms in total. The van der Waals surface area contributed by atoms with E-state index < -0.39 is 0 Å². The van der Waals surface area contributed by atoms with Crippen LogP contribution >= 0.6 is 0 Å². The molecule has 2 aromatic rings. The largest absolute Gasteiger partial charge is 0.348 e. The maximum atomic E-state index is 2.43. The molecule has 34 heavy (non-hydrogen) atoms. The van der Waals surface area contributed by atoms with Crippen molar-refractivity contribution in [2.45, 2.75) is 11.8 Å². The van der Waals surface area contributed by atoms with Crippen LogP contribution in [0.15, 0.2) is 108 Å². The zero-order valence-electron chi connectivity index (χ0n) is 20.4. The van der Waals surface area contributed by atoms with E-state index in [2.05, 4.69) is 135 Å². The first-order valence-corrected chi connectivity index (χ1v) is 12.3. The molecule has 0 aromatic heterocycles. The third kappa shape index (κ3) is 3.13. The summed E-state index contributed by atoms with van der Waals surface area (Å²) >= 11 is 0. The second-order valence-corrected chi connectivity index (χ2v) is 10.2. The van der Waals surface area contributed by atoms with Crippen LogP contribution in [0.5, 0.6) is 0 Å². The van der Waals surface area contributed by atoms with Gasteiger partial charge in [0, 0.05) is 11.8 Å². The second kappa shape index (κ2) is 8.30. The molecule has 0 saturated carbocycles. The van der Waals surface area contributed by atoms with Gasteiger partial charge in [-0.2, -0.15) is 0 Å². The van der Waals surface area contributed by atoms with Gasteiger partial charge in [-0.3, -0.25) is 0 Å². The summed E-state index contributed by atoms with van der Waals surface area (Å²) in [6.07, 6.45) is 18.2. The van der Waals surface area contributed by atoms with Gasteiger partial charge < -0.3 is 9.62 Å². The van der Waals surface area contributed by atoms with Crippen LogP contribution in [0.3, 0.4) is 0 Å². The van der Waals surface area contributed by atoms with Crippen LogP contribution in [0.1, 0.15) is 34.1 Å². The van der Waals surface area contributed by atoms with E-state index in [1.54, 1.807) is 0 Å². The molecular weight excluding hydrogens is 410 g/mol. The monoisotopic (exact) mass is 440 g/mol. The molecule has 4 heteroatoms. The summed E-state index contributed by atoms with van der Waals surface area (Å²) in [5, 5.41) is 0. The summed E-state index contributed by atoms with van der Waals surface area (Å²) in [6, 6.07) is 18.0. The highest BCUT2D eigenvalue weighted by Gasteiger charge is 2.47. The van der Waals surface area contributed by atoms with Crippen LogP contribution in [0.2, 0.25) is 0 Å². The van der Waals surface area contributed by atoms with Gasteiger partial charge in [-0.1, -0.05) is 108 Å². The van der Waals surface area contributed by atoms with E-state index in [-0.39, 0.29) is 13.5 Å². The second-order valence-electron chi connectivity index (χ2n) is 10.2. The van der Waals surface area contributed by atoms with Gasteiger partial charge >= 0.3 is 0 Å². The molecule has 2 atom stereocenters. The SMILES string of the molecule is CN(C)B(B(C1=C2C=CC=CC2c2ccccc21)N(C)C)C1=C2C=CC=CC2c2ccccc21. The first-order valence-electron chi connectivity index (χ1n) is 12.3. The summed E-state index contributed by atoms with van der Waals surface area (Å²) in [5.41, 5.74) is 11.5. The zero-order chi connectivity index (χ0) is 23.4. The van der Waals surface area contributed by atoms with Crippen molar-refractivity contribution >= 4 is 24.4 Å². The number of fused-ring (bicyclic) bond motifs is 6. The first kappa shape index (κ1) is 21.5. The van der Waals surface area contributed by atoms with Crippen LogP contribution in [-0.4, -0.2) is 51.3 Å². The highest BCUT2D eigenvalue weighted by atomic mass is 15.0. The topological polar surface area (TPSA) is 6.48 Å². The Kier molecular flexibility index (Phi) is 5.24. The average molecular weight is 440 g/mol. The van der Waals surface area contributed by atoms with Crippen molar-refractivity contribution in [1.29, 1.82) is 0 Å². The number of benzene rings is 2. The predicted octanol–water partition coefficient (Wildman–Crippen LogP) is 5.60. The van der Waals surface area contributed by atoms with Crippen molar-refractivity contribution in [3.8, 4) is 0 Å². The van der Waals surface area contributed by atoms with Crippen molar-refractivity contribution in [1.82, 2.24) is 9.62 Å². The van der Waals surface area contributed by atoms with Crippen molar-refractivity contribution < 1.29 is 0 Å². The van der Waals surface area contributed by atoms with Crippen molar-refractivity contribution in [3.05, 3.63) is 131 Å². The van der Waals surface area contributed by atoms with Crippen molar-refractivity contribution in [3.63, 3.8) is 0 Å². The Balaban J connectivity index is 1.59. The van der Waals surface area contributed by atoms with Crippen LogP contribution in [0, 0.1) is 0 Å². The quantitative estimate of drug-likeness (QED) is 0.559. The van der Waals surface area contributed by atoms with Crippen LogP contribution in [0.4, 0.5) is 0 Å². The molecule has 0 bridgehead atoms. The fraction of sp³-hybridized carbons (Fsp3) is 0.200. The van der Waals surface area contributed by atoms with Gasteiger partial charge in [0.05, 0.1) is 0 Å². The molecule has 0 fully saturated rings. The summed E-state index contributed by atoms with van der Waals surface area (Å²) < 4.78 is 0. The Hall–Kier alpha value is -3.07. The molecule has 0 heterocycles. The smallest absolute Gasteiger partial charge is 0.248 e. The molecule has 2 aromatic carbocycles. The zero-order valence-corrected chi connectivity index (χ0v) is 20.4. The van der Waals surface area contributed by atoms with E-state index in [4.69, 9.17) is 0 Å². The van der Waals surface area contributed by atoms with Gasteiger partial charge in [-0.05, 0) is 61.6 Å². The number of hydrogen-bond donors (Lipinski definition) is 0. The fourth-order valence-electron chi connectivity index (χ4n) is 6.54. The van der Waals surface area contributed by atoms with Crippen molar-refractivity contribution in [2.75, 3.05) is 28.2 Å². The molecule has 166 valence electrons. The predicted molar refractivity (Wildman–Crippen MR) is 148 cm³/mol. The van der Waals surface area contributed by atoms with Gasteiger partial charge in [-0.15, -0.1) is 0 Å². The third-order valence-corrected chi connectivity index (χ3v) is 7.85. The Labute approximate surface area is 204 Å². The molecule has 4 aliphatic carbocycles. The van der Waals surface area contributed by atoms with E-state index in [1.807, 2.05) is 0 Å². The highest BCUT2D eigenvalue weighted by Crippen LogP contribution is 2.50. The number of nitrogens with zero attached hydrogens (tertiary/aromatic N) is 2. The maximum Gasteiger partial charge on any atom is 0.248 e. The van der Waals surface area contributed by atoms with Gasteiger partial charge in [0.25, 0.3) is 0 Å². The number of hydrogen-bond acceptors (Lipinski definition) is 2. The minimum absolute atomic E-state index is 0.209. The van der Waals surface area contributed by atoms with E-state index in [0.29, 0.717) is 11.8 Å². The summed E-state index contributed by atoms with van der Waals surface area (Å²) in [6.45, 7) is 0.418. The molecule has 0 spiro atoms. The van der Waals surface area contributed by atoms with Gasteiger partial charge in [0.1, 0.15) is 0 Å². The normalized spacial score (nSPS) is 21.4. The minimum atomic E-state index is 0.209. The van der Waals surface area contributed by atoms with Gasteiger partial charge in [0.15, 0.2) is 0 Å². The summed E-state index contributed by atoms with van der Waals surface area (Å²) in [5.74, 6) is 0.695. The molecule has 2 unspecified atom stereocenters. The van der Waals surface area contributed by atoms with E-state index in [0.717, 1.165) is 0 Å². The molecule has 0 aliphatic heterocycles. The van der Waals surface area contributed by atoms with E-state index in [1.165, 1.54) is 44.3 Å². The molecule has 0 saturated heterocycles. The molecule has 0 N–H and O–H groups in total. The lowest BCUT2D eigenvalue weighted by atomic mass is 9.13. The lowest BCUT2D eigenvalue weighted by Gasteiger charge is -2.35. The van der Waals surface area contributed by atoms with Crippen LogP contribution < -0.4 is 0 Å². The lowest BCUT2D eigenvalue weighted by molar-refractivity contribution is 0.633. The third-order valence-electron chi connectivity index (χ3n) is 7.85. The van der Waals surface area contributed by atoms with Crippen LogP contribution in [0.25, 0.3) is 10.9 Å². The Bertz CT molecular complexity index is 1240. The van der Waals surface area contributed by atoms with Gasteiger partial charge in [0.2, 0.25) is 13.5 Å². The molecular formula is C30H30B2N2. The molecule has 4 aliphatic rings. The fourth-order valence-corrected chi connectivity index (χ4v) is 6.54. The lowest BCUT2D eigenvalue weighted by Crippen LogP contribution is -2.56. The number of allylic oxidation sites excluding steroid dienone is 10. The maximum absolute atomic E-state index is 2.43. The Morgan fingerprint density at radius 1 is 0.559 bits per heavy atom. The minimum Gasteiger partial charge on any atom is -0.348 e. The number of rotatable bonds is 5. The van der Waals surface area contributed by atoms with Crippen molar-refractivity contribution in [2.24, 2.45) is 0 Å². The summed E-state index contributed by atoms with van der Waals surface area (Å²) in [4.78, 5) is 4.87. The van der Waals surface area contributed by atoms with Crippen LogP contribution in [-0.2, 0) is 0 Å². The van der Waals surface area contributed by atoms with Gasteiger partial charge in [-0.25, -0.2) is 0 Å². The molecule has 0 amide bonds. The molecule has 6 rings (SSSR count). The highest BCUT2D eigenvalue weighted by molar-refractivity contribution is 7.34. The van der Waals surface area contributed by atoms with E-state index in [9.17, 15) is 0 Å². The van der Waals surface area contributed by atoms with E-state index >= 15 is 0 Å². The average Bonchev–Trinajstić information content (AvgIpc) is 3.35. The molecule has 0 radical (unpaired) electrons.